The zero-order chi connectivity index (χ0) is 23.3. The van der Waals surface area contributed by atoms with Gasteiger partial charge in [0.05, 0.1) is 4.92 Å². The molecule has 0 saturated carbocycles. The van der Waals surface area contributed by atoms with Gasteiger partial charge in [-0.2, -0.15) is 0 Å². The van der Waals surface area contributed by atoms with Gasteiger partial charge in [0.15, 0.2) is 11.5 Å². The van der Waals surface area contributed by atoms with Crippen molar-refractivity contribution in [3.05, 3.63) is 106 Å². The summed E-state index contributed by atoms with van der Waals surface area (Å²) in [4.78, 5) is 22.2. The maximum Gasteiger partial charge on any atom is 0.353 e. The fraction of sp³-hybridized carbons (Fsp3) is 0.120. The Labute approximate surface area is 195 Å². The van der Waals surface area contributed by atoms with Crippen LogP contribution in [0.1, 0.15) is 11.1 Å². The predicted octanol–water partition coefficient (Wildman–Crippen LogP) is 5.06. The lowest BCUT2D eigenvalue weighted by atomic mass is 10.1. The molecule has 0 bridgehead atoms. The first kappa shape index (κ1) is 21.2. The minimum Gasteiger partial charge on any atom is -0.454 e. The van der Waals surface area contributed by atoms with Crippen molar-refractivity contribution in [2.24, 2.45) is 0 Å². The van der Waals surface area contributed by atoms with Crippen LogP contribution in [-0.2, 0) is 13.1 Å². The van der Waals surface area contributed by atoms with Gasteiger partial charge in [0.25, 0.3) is 0 Å². The number of ether oxygens (including phenoxy) is 2. The molecular formula is C25H21N5O4. The summed E-state index contributed by atoms with van der Waals surface area (Å²) in [5.41, 5.74) is 2.41. The second kappa shape index (κ2) is 9.45. The summed E-state index contributed by atoms with van der Waals surface area (Å²) < 4.78 is 10.8. The maximum atomic E-state index is 12.2. The van der Waals surface area contributed by atoms with E-state index in [1.807, 2.05) is 65.6 Å². The van der Waals surface area contributed by atoms with E-state index in [2.05, 4.69) is 15.3 Å². The van der Waals surface area contributed by atoms with Crippen molar-refractivity contribution in [3.8, 4) is 11.5 Å². The molecule has 5 rings (SSSR count). The third kappa shape index (κ3) is 4.58. The fourth-order valence-corrected chi connectivity index (χ4v) is 3.78. The number of aromatic nitrogens is 2. The Kier molecular flexibility index (Phi) is 5.89. The zero-order valence-electron chi connectivity index (χ0n) is 18.1. The zero-order valence-corrected chi connectivity index (χ0v) is 18.1. The van der Waals surface area contributed by atoms with Crippen LogP contribution in [0.3, 0.4) is 0 Å². The Morgan fingerprint density at radius 3 is 2.18 bits per heavy atom. The van der Waals surface area contributed by atoms with Gasteiger partial charge in [-0.25, -0.2) is 9.97 Å². The van der Waals surface area contributed by atoms with Crippen LogP contribution >= 0.6 is 0 Å². The van der Waals surface area contributed by atoms with Gasteiger partial charge in [-0.15, -0.1) is 0 Å². The van der Waals surface area contributed by atoms with Crippen LogP contribution in [0.4, 0.5) is 23.0 Å². The Balaban J connectivity index is 1.53. The van der Waals surface area contributed by atoms with Gasteiger partial charge in [0.1, 0.15) is 6.33 Å². The lowest BCUT2D eigenvalue weighted by Gasteiger charge is -2.24. The Hall–Kier alpha value is -4.66. The van der Waals surface area contributed by atoms with E-state index in [1.54, 1.807) is 18.2 Å². The van der Waals surface area contributed by atoms with E-state index in [-0.39, 0.29) is 24.1 Å². The highest BCUT2D eigenvalue weighted by atomic mass is 16.7. The van der Waals surface area contributed by atoms with Gasteiger partial charge in [0.2, 0.25) is 18.4 Å². The number of rotatable bonds is 8. The summed E-state index contributed by atoms with van der Waals surface area (Å²) in [7, 11) is 0. The summed E-state index contributed by atoms with van der Waals surface area (Å²) in [5.74, 6) is 1.52. The van der Waals surface area contributed by atoms with E-state index in [0.29, 0.717) is 30.3 Å². The van der Waals surface area contributed by atoms with E-state index >= 15 is 0 Å². The third-order valence-corrected chi connectivity index (χ3v) is 5.35. The molecule has 0 spiro atoms. The molecule has 0 radical (unpaired) electrons. The number of nitro groups is 1. The predicted molar refractivity (Wildman–Crippen MR) is 127 cm³/mol. The van der Waals surface area contributed by atoms with E-state index in [1.165, 1.54) is 6.33 Å². The molecular weight excluding hydrogens is 434 g/mol. The van der Waals surface area contributed by atoms with Crippen molar-refractivity contribution in [3.63, 3.8) is 0 Å². The standard InChI is InChI=1S/C25H21N5O4/c31-30(32)23-24(28-20-11-12-21-22(13-20)34-17-33-21)26-16-27-25(23)29(14-18-7-3-1-4-8-18)15-19-9-5-2-6-10-19/h1-13,16H,14-15,17H2,(H,26,27,28). The molecule has 0 fully saturated rings. The summed E-state index contributed by atoms with van der Waals surface area (Å²) >= 11 is 0. The van der Waals surface area contributed by atoms with Gasteiger partial charge in [-0.05, 0) is 23.3 Å². The van der Waals surface area contributed by atoms with Crippen molar-refractivity contribution in [2.45, 2.75) is 13.1 Å². The second-order valence-electron chi connectivity index (χ2n) is 7.67. The number of nitrogens with one attached hydrogen (secondary N) is 1. The third-order valence-electron chi connectivity index (χ3n) is 5.35. The summed E-state index contributed by atoms with van der Waals surface area (Å²) in [5, 5.41) is 15.3. The molecule has 34 heavy (non-hydrogen) atoms. The highest BCUT2D eigenvalue weighted by Gasteiger charge is 2.28. The normalized spacial score (nSPS) is 11.8. The van der Waals surface area contributed by atoms with Crippen LogP contribution in [0.15, 0.2) is 85.2 Å². The van der Waals surface area contributed by atoms with Crippen LogP contribution in [0.2, 0.25) is 0 Å². The number of anilines is 3. The highest BCUT2D eigenvalue weighted by Crippen LogP contribution is 2.38. The lowest BCUT2D eigenvalue weighted by molar-refractivity contribution is -0.383. The molecule has 1 aromatic heterocycles. The molecule has 1 aliphatic heterocycles. The topological polar surface area (TPSA) is 103 Å². The van der Waals surface area contributed by atoms with Gasteiger partial charge in [0, 0.05) is 24.8 Å². The summed E-state index contributed by atoms with van der Waals surface area (Å²) in [6, 6.07) is 24.8. The van der Waals surface area contributed by atoms with Gasteiger partial charge < -0.3 is 19.7 Å². The smallest absolute Gasteiger partial charge is 0.353 e. The minimum absolute atomic E-state index is 0.0972. The summed E-state index contributed by atoms with van der Waals surface area (Å²) in [6.07, 6.45) is 1.33. The molecule has 4 aromatic rings. The molecule has 0 aliphatic carbocycles. The average molecular weight is 455 g/mol. The van der Waals surface area contributed by atoms with Gasteiger partial charge in [-0.3, -0.25) is 10.1 Å². The first-order valence-corrected chi connectivity index (χ1v) is 10.7. The molecule has 2 heterocycles. The SMILES string of the molecule is O=[N+]([O-])c1c(Nc2ccc3c(c2)OCO3)ncnc1N(Cc1ccccc1)Cc1ccccc1. The van der Waals surface area contributed by atoms with E-state index in [9.17, 15) is 10.1 Å². The van der Waals surface area contributed by atoms with Gasteiger partial charge in [-0.1, -0.05) is 60.7 Å². The van der Waals surface area contributed by atoms with E-state index < -0.39 is 4.92 Å². The second-order valence-corrected chi connectivity index (χ2v) is 7.67. The first-order valence-electron chi connectivity index (χ1n) is 10.7. The molecule has 3 aromatic carbocycles. The molecule has 0 amide bonds. The molecule has 1 N–H and O–H groups in total. The Morgan fingerprint density at radius 2 is 1.53 bits per heavy atom. The number of nitrogens with zero attached hydrogens (tertiary/aromatic N) is 4. The molecule has 9 nitrogen and oxygen atoms in total. The molecule has 0 saturated heterocycles. The first-order chi connectivity index (χ1) is 16.7. The van der Waals surface area contributed by atoms with Crippen LogP contribution in [-0.4, -0.2) is 21.7 Å². The van der Waals surface area contributed by atoms with E-state index in [0.717, 1.165) is 11.1 Å². The molecule has 0 unspecified atom stereocenters. The summed E-state index contributed by atoms with van der Waals surface area (Å²) in [6.45, 7) is 1.03. The largest absolute Gasteiger partial charge is 0.454 e. The van der Waals surface area contributed by atoms with Crippen molar-refractivity contribution in [1.82, 2.24) is 9.97 Å². The van der Waals surface area contributed by atoms with Crippen LogP contribution in [0.25, 0.3) is 0 Å². The van der Waals surface area contributed by atoms with Crippen LogP contribution in [0, 0.1) is 10.1 Å². The lowest BCUT2D eigenvalue weighted by Crippen LogP contribution is -2.24. The van der Waals surface area contributed by atoms with Crippen molar-refractivity contribution < 1.29 is 14.4 Å². The van der Waals surface area contributed by atoms with Crippen molar-refractivity contribution >= 4 is 23.0 Å². The number of fused-ring (bicyclic) bond motifs is 1. The fourth-order valence-electron chi connectivity index (χ4n) is 3.78. The quantitative estimate of drug-likeness (QED) is 0.290. The van der Waals surface area contributed by atoms with E-state index in [4.69, 9.17) is 9.47 Å². The molecule has 9 heteroatoms. The number of hydrogen-bond acceptors (Lipinski definition) is 8. The highest BCUT2D eigenvalue weighted by molar-refractivity contribution is 5.75. The number of hydrogen-bond donors (Lipinski definition) is 1. The van der Waals surface area contributed by atoms with Crippen LogP contribution < -0.4 is 19.7 Å². The monoisotopic (exact) mass is 455 g/mol. The van der Waals surface area contributed by atoms with Crippen molar-refractivity contribution in [1.29, 1.82) is 0 Å². The molecule has 0 atom stereocenters. The van der Waals surface area contributed by atoms with Crippen LogP contribution in [0.5, 0.6) is 11.5 Å². The molecule has 1 aliphatic rings. The minimum atomic E-state index is -0.451. The average Bonchev–Trinajstić information content (AvgIpc) is 3.33. The molecule has 170 valence electrons. The Morgan fingerprint density at radius 1 is 0.882 bits per heavy atom. The van der Waals surface area contributed by atoms with Crippen molar-refractivity contribution in [2.75, 3.05) is 17.0 Å². The number of benzene rings is 3. The Bertz CT molecular complexity index is 1260. The van der Waals surface area contributed by atoms with Gasteiger partial charge >= 0.3 is 5.69 Å². The maximum absolute atomic E-state index is 12.2.